The maximum absolute atomic E-state index is 11.8. The van der Waals surface area contributed by atoms with Crippen molar-refractivity contribution in [2.75, 3.05) is 25.9 Å². The summed E-state index contributed by atoms with van der Waals surface area (Å²) in [5.41, 5.74) is 5.96. The van der Waals surface area contributed by atoms with Crippen LogP contribution in [-0.2, 0) is 0 Å². The summed E-state index contributed by atoms with van der Waals surface area (Å²) in [6.45, 7) is 5.46. The first-order valence-corrected chi connectivity index (χ1v) is 5.99. The van der Waals surface area contributed by atoms with E-state index in [0.717, 1.165) is 6.54 Å². The summed E-state index contributed by atoms with van der Waals surface area (Å²) in [5, 5.41) is 12.4. The number of nitrogens with zero attached hydrogens (tertiary/aromatic N) is 1. The second kappa shape index (κ2) is 6.26. The molecule has 5 heteroatoms. The Bertz CT molecular complexity index is 419. The van der Waals surface area contributed by atoms with E-state index >= 15 is 0 Å². The number of hydrogen-bond acceptors (Lipinski definition) is 4. The van der Waals surface area contributed by atoms with Crippen molar-refractivity contribution in [1.82, 2.24) is 10.2 Å². The molecular weight excluding hydrogens is 230 g/mol. The van der Waals surface area contributed by atoms with Gasteiger partial charge in [-0.15, -0.1) is 0 Å². The predicted molar refractivity (Wildman–Crippen MR) is 72.6 cm³/mol. The quantitative estimate of drug-likeness (QED) is 0.540. The van der Waals surface area contributed by atoms with Crippen molar-refractivity contribution in [2.45, 2.75) is 19.9 Å². The Morgan fingerprint density at radius 1 is 1.50 bits per heavy atom. The van der Waals surface area contributed by atoms with Gasteiger partial charge in [0.25, 0.3) is 5.91 Å². The van der Waals surface area contributed by atoms with Gasteiger partial charge in [-0.3, -0.25) is 4.79 Å². The second-order valence-corrected chi connectivity index (χ2v) is 4.57. The van der Waals surface area contributed by atoms with Gasteiger partial charge in [0.2, 0.25) is 0 Å². The Labute approximate surface area is 108 Å². The van der Waals surface area contributed by atoms with Crippen molar-refractivity contribution in [2.24, 2.45) is 0 Å². The summed E-state index contributed by atoms with van der Waals surface area (Å²) in [6, 6.07) is 5.18. The lowest BCUT2D eigenvalue weighted by molar-refractivity contribution is 0.0945. The van der Waals surface area contributed by atoms with Gasteiger partial charge in [0.05, 0.1) is 11.3 Å². The van der Waals surface area contributed by atoms with Crippen LogP contribution in [0.3, 0.4) is 0 Å². The zero-order valence-corrected chi connectivity index (χ0v) is 11.1. The molecule has 0 bridgehead atoms. The molecule has 5 nitrogen and oxygen atoms in total. The first-order valence-electron chi connectivity index (χ1n) is 5.99. The number of nitrogen functional groups attached to an aromatic ring is 1. The molecule has 0 aliphatic rings. The number of amides is 1. The maximum atomic E-state index is 11.8. The highest BCUT2D eigenvalue weighted by Crippen LogP contribution is 2.23. The standard InChI is InChI=1S/C13H21N3O2/c1-9(2)16(3)8-7-15-13(18)10-5-4-6-11(14)12(10)17/h4-6,9,17H,7-8,14H2,1-3H3,(H,15,18). The van der Waals surface area contributed by atoms with Crippen LogP contribution in [0.5, 0.6) is 5.75 Å². The Balaban J connectivity index is 2.54. The average molecular weight is 251 g/mol. The highest BCUT2D eigenvalue weighted by atomic mass is 16.3. The lowest BCUT2D eigenvalue weighted by atomic mass is 10.1. The van der Waals surface area contributed by atoms with Crippen molar-refractivity contribution in [3.63, 3.8) is 0 Å². The van der Waals surface area contributed by atoms with E-state index in [-0.39, 0.29) is 22.9 Å². The van der Waals surface area contributed by atoms with Gasteiger partial charge in [-0.05, 0) is 33.0 Å². The number of nitrogens with two attached hydrogens (primary N) is 1. The van der Waals surface area contributed by atoms with Crippen molar-refractivity contribution < 1.29 is 9.90 Å². The fourth-order valence-electron chi connectivity index (χ4n) is 1.44. The minimum Gasteiger partial charge on any atom is -0.505 e. The average Bonchev–Trinajstić information content (AvgIpc) is 2.32. The molecule has 0 aliphatic heterocycles. The summed E-state index contributed by atoms with van der Waals surface area (Å²) in [7, 11) is 1.99. The minimum absolute atomic E-state index is 0.160. The van der Waals surface area contributed by atoms with Gasteiger partial charge in [0.15, 0.2) is 5.75 Å². The molecule has 1 rings (SSSR count). The van der Waals surface area contributed by atoms with Gasteiger partial charge >= 0.3 is 0 Å². The summed E-state index contributed by atoms with van der Waals surface area (Å²) in [5.74, 6) is -0.468. The number of nitrogens with one attached hydrogen (secondary N) is 1. The normalized spacial score (nSPS) is 10.9. The zero-order chi connectivity index (χ0) is 13.7. The van der Waals surface area contributed by atoms with Crippen LogP contribution in [0.25, 0.3) is 0 Å². The van der Waals surface area contributed by atoms with Crippen LogP contribution < -0.4 is 11.1 Å². The fourth-order valence-corrected chi connectivity index (χ4v) is 1.44. The molecule has 100 valence electrons. The molecule has 0 atom stereocenters. The summed E-state index contributed by atoms with van der Waals surface area (Å²) >= 11 is 0. The highest BCUT2D eigenvalue weighted by molar-refractivity contribution is 5.98. The number of rotatable bonds is 5. The van der Waals surface area contributed by atoms with E-state index in [0.29, 0.717) is 12.6 Å². The minimum atomic E-state index is -0.308. The molecule has 0 saturated heterocycles. The van der Waals surface area contributed by atoms with E-state index in [1.807, 2.05) is 7.05 Å². The van der Waals surface area contributed by atoms with Crippen molar-refractivity contribution >= 4 is 11.6 Å². The highest BCUT2D eigenvalue weighted by Gasteiger charge is 2.12. The van der Waals surface area contributed by atoms with Crippen LogP contribution in [0, 0.1) is 0 Å². The molecular formula is C13H21N3O2. The molecule has 4 N–H and O–H groups in total. The summed E-state index contributed by atoms with van der Waals surface area (Å²) in [4.78, 5) is 13.9. The molecule has 0 fully saturated rings. The topological polar surface area (TPSA) is 78.6 Å². The monoisotopic (exact) mass is 251 g/mol. The van der Waals surface area contributed by atoms with E-state index in [4.69, 9.17) is 5.73 Å². The molecule has 0 heterocycles. The van der Waals surface area contributed by atoms with Crippen molar-refractivity contribution in [3.05, 3.63) is 23.8 Å². The van der Waals surface area contributed by atoms with Gasteiger partial charge in [0.1, 0.15) is 0 Å². The van der Waals surface area contributed by atoms with Crippen LogP contribution >= 0.6 is 0 Å². The molecule has 0 saturated carbocycles. The summed E-state index contributed by atoms with van der Waals surface area (Å²) in [6.07, 6.45) is 0. The molecule has 1 aromatic rings. The largest absolute Gasteiger partial charge is 0.505 e. The van der Waals surface area contributed by atoms with Crippen molar-refractivity contribution in [1.29, 1.82) is 0 Å². The number of carbonyl (C=O) groups excluding carboxylic acids is 1. The molecule has 1 aromatic carbocycles. The summed E-state index contributed by atoms with van der Waals surface area (Å²) < 4.78 is 0. The molecule has 18 heavy (non-hydrogen) atoms. The third-order valence-electron chi connectivity index (χ3n) is 2.94. The lowest BCUT2D eigenvalue weighted by Gasteiger charge is -2.20. The molecule has 1 amide bonds. The zero-order valence-electron chi connectivity index (χ0n) is 11.1. The van der Waals surface area contributed by atoms with Crippen LogP contribution in [0.1, 0.15) is 24.2 Å². The van der Waals surface area contributed by atoms with Crippen LogP contribution in [0.2, 0.25) is 0 Å². The number of hydrogen-bond donors (Lipinski definition) is 3. The van der Waals surface area contributed by atoms with Gasteiger partial charge < -0.3 is 21.1 Å². The molecule has 0 aromatic heterocycles. The predicted octanol–water partition coefficient (Wildman–Crippen LogP) is 1.04. The van der Waals surface area contributed by atoms with E-state index in [1.54, 1.807) is 18.2 Å². The maximum Gasteiger partial charge on any atom is 0.255 e. The van der Waals surface area contributed by atoms with Gasteiger partial charge in [-0.1, -0.05) is 6.07 Å². The number of carbonyl (C=O) groups is 1. The van der Waals surface area contributed by atoms with E-state index in [2.05, 4.69) is 24.1 Å². The van der Waals surface area contributed by atoms with E-state index in [1.165, 1.54) is 0 Å². The van der Waals surface area contributed by atoms with Crippen molar-refractivity contribution in [3.8, 4) is 5.75 Å². The molecule has 0 spiro atoms. The smallest absolute Gasteiger partial charge is 0.255 e. The van der Waals surface area contributed by atoms with E-state index < -0.39 is 0 Å². The number of phenolic OH excluding ortho intramolecular Hbond substituents is 1. The molecule has 0 aliphatic carbocycles. The second-order valence-electron chi connectivity index (χ2n) is 4.57. The Kier molecular flexibility index (Phi) is 4.97. The first-order chi connectivity index (χ1) is 8.43. The first kappa shape index (κ1) is 14.3. The van der Waals surface area contributed by atoms with Gasteiger partial charge in [-0.2, -0.15) is 0 Å². The number of likely N-dealkylation sites (N-methyl/N-ethyl adjacent to an activating group) is 1. The SMILES string of the molecule is CC(C)N(C)CCNC(=O)c1cccc(N)c1O. The number of phenols is 1. The Morgan fingerprint density at radius 2 is 2.17 bits per heavy atom. The third-order valence-corrected chi connectivity index (χ3v) is 2.94. The van der Waals surface area contributed by atoms with E-state index in [9.17, 15) is 9.90 Å². The van der Waals surface area contributed by atoms with Gasteiger partial charge in [-0.25, -0.2) is 0 Å². The van der Waals surface area contributed by atoms with Crippen LogP contribution in [0.4, 0.5) is 5.69 Å². The Morgan fingerprint density at radius 3 is 2.78 bits per heavy atom. The lowest BCUT2D eigenvalue weighted by Crippen LogP contribution is -2.36. The number of para-hydroxylation sites is 1. The van der Waals surface area contributed by atoms with Crippen LogP contribution in [0.15, 0.2) is 18.2 Å². The third kappa shape index (κ3) is 3.63. The Hall–Kier alpha value is -1.75. The number of aromatic hydroxyl groups is 1. The van der Waals surface area contributed by atoms with Gasteiger partial charge in [0, 0.05) is 19.1 Å². The number of benzene rings is 1. The molecule has 0 unspecified atom stereocenters. The molecule has 0 radical (unpaired) electrons. The fraction of sp³-hybridized carbons (Fsp3) is 0.462. The number of anilines is 1. The van der Waals surface area contributed by atoms with Crippen LogP contribution in [-0.4, -0.2) is 42.1 Å².